The van der Waals surface area contributed by atoms with Crippen molar-refractivity contribution in [3.05, 3.63) is 64.5 Å². The highest BCUT2D eigenvalue weighted by molar-refractivity contribution is 5.91. The van der Waals surface area contributed by atoms with Crippen molar-refractivity contribution >= 4 is 22.6 Å². The maximum absolute atomic E-state index is 11.9. The Morgan fingerprint density at radius 3 is 2.86 bits per heavy atom. The molecule has 3 aromatic rings. The maximum Gasteiger partial charge on any atom is 0.346 e. The third-order valence-electron chi connectivity index (χ3n) is 2.89. The van der Waals surface area contributed by atoms with E-state index in [-0.39, 0.29) is 11.6 Å². The lowest BCUT2D eigenvalue weighted by atomic mass is 10.2. The van der Waals surface area contributed by atoms with Gasteiger partial charge in [-0.2, -0.15) is 0 Å². The largest absolute Gasteiger partial charge is 0.406 e. The van der Waals surface area contributed by atoms with Gasteiger partial charge in [0, 0.05) is 41.5 Å². The summed E-state index contributed by atoms with van der Waals surface area (Å²) in [5, 5.41) is 11.3. The topological polar surface area (TPSA) is 98.1 Å². The number of aromatic amines is 1. The number of nitrogens with zero attached hydrogens (tertiary/aromatic N) is 2. The molecule has 0 aliphatic carbocycles. The average Bonchev–Trinajstić information content (AvgIpc) is 2.89. The number of carbonyl (C=O) groups is 1. The minimum absolute atomic E-state index is 0.0216. The van der Waals surface area contributed by atoms with Crippen LogP contribution >= 0.6 is 0 Å². The molecule has 104 valence electrons. The van der Waals surface area contributed by atoms with E-state index in [4.69, 9.17) is 4.74 Å². The standard InChI is InChI=1S/C14H9N3O4/c18-14(9-2-1-5-15-8-9)21-13-7-10-6-11(17(19)20)3-4-12(10)16-13/h1-8,16H. The molecule has 0 saturated carbocycles. The number of ether oxygens (including phenoxy) is 1. The number of fused-ring (bicyclic) bond motifs is 1. The quantitative estimate of drug-likeness (QED) is 0.452. The van der Waals surface area contributed by atoms with Crippen molar-refractivity contribution < 1.29 is 14.5 Å². The fourth-order valence-electron chi connectivity index (χ4n) is 1.90. The van der Waals surface area contributed by atoms with Crippen LogP contribution in [0.3, 0.4) is 0 Å². The number of H-pyrrole nitrogens is 1. The first kappa shape index (κ1) is 12.8. The third kappa shape index (κ3) is 2.57. The zero-order valence-electron chi connectivity index (χ0n) is 10.6. The van der Waals surface area contributed by atoms with E-state index >= 15 is 0 Å². The number of hydrogen-bond acceptors (Lipinski definition) is 5. The van der Waals surface area contributed by atoms with Crippen LogP contribution in [0.25, 0.3) is 10.9 Å². The number of carbonyl (C=O) groups excluding carboxylic acids is 1. The summed E-state index contributed by atoms with van der Waals surface area (Å²) in [6.45, 7) is 0. The fraction of sp³-hybridized carbons (Fsp3) is 0. The molecule has 0 atom stereocenters. The summed E-state index contributed by atoms with van der Waals surface area (Å²) in [6, 6.07) is 9.11. The molecule has 0 aliphatic heterocycles. The Balaban J connectivity index is 1.88. The minimum Gasteiger partial charge on any atom is -0.406 e. The van der Waals surface area contributed by atoms with Gasteiger partial charge < -0.3 is 9.72 Å². The highest BCUT2D eigenvalue weighted by Crippen LogP contribution is 2.25. The predicted octanol–water partition coefficient (Wildman–Crippen LogP) is 2.69. The number of nitro groups is 1. The second kappa shape index (κ2) is 5.04. The molecule has 0 aliphatic rings. The summed E-state index contributed by atoms with van der Waals surface area (Å²) in [7, 11) is 0. The van der Waals surface area contributed by atoms with Crippen molar-refractivity contribution in [2.24, 2.45) is 0 Å². The van der Waals surface area contributed by atoms with Gasteiger partial charge in [-0.15, -0.1) is 0 Å². The molecule has 0 bridgehead atoms. The number of esters is 1. The Hall–Kier alpha value is -3.22. The number of nitro benzene ring substituents is 1. The number of hydrogen-bond donors (Lipinski definition) is 1. The van der Waals surface area contributed by atoms with Gasteiger partial charge in [0.15, 0.2) is 0 Å². The Morgan fingerprint density at radius 1 is 1.29 bits per heavy atom. The molecule has 7 nitrogen and oxygen atoms in total. The Morgan fingerprint density at radius 2 is 2.14 bits per heavy atom. The van der Waals surface area contributed by atoms with E-state index in [1.807, 2.05) is 0 Å². The van der Waals surface area contributed by atoms with Gasteiger partial charge in [0.1, 0.15) is 0 Å². The van der Waals surface area contributed by atoms with Crippen molar-refractivity contribution in [1.29, 1.82) is 0 Å². The summed E-state index contributed by atoms with van der Waals surface area (Å²) in [4.78, 5) is 28.8. The van der Waals surface area contributed by atoms with E-state index in [2.05, 4.69) is 9.97 Å². The highest BCUT2D eigenvalue weighted by Gasteiger charge is 2.12. The van der Waals surface area contributed by atoms with E-state index in [1.54, 1.807) is 24.4 Å². The maximum atomic E-state index is 11.9. The highest BCUT2D eigenvalue weighted by atomic mass is 16.6. The van der Waals surface area contributed by atoms with Crippen LogP contribution in [0.2, 0.25) is 0 Å². The molecule has 0 fully saturated rings. The van der Waals surface area contributed by atoms with E-state index in [0.717, 1.165) is 0 Å². The number of nitrogens with one attached hydrogen (secondary N) is 1. The molecular formula is C14H9N3O4. The monoisotopic (exact) mass is 283 g/mol. The van der Waals surface area contributed by atoms with Crippen LogP contribution in [0.5, 0.6) is 5.88 Å². The normalized spacial score (nSPS) is 10.5. The first-order valence-corrected chi connectivity index (χ1v) is 6.03. The molecule has 3 rings (SSSR count). The van der Waals surface area contributed by atoms with Gasteiger partial charge in [-0.1, -0.05) is 0 Å². The first-order chi connectivity index (χ1) is 10.1. The Labute approximate surface area is 118 Å². The van der Waals surface area contributed by atoms with E-state index in [1.165, 1.54) is 24.4 Å². The van der Waals surface area contributed by atoms with Crippen LogP contribution in [-0.2, 0) is 0 Å². The van der Waals surface area contributed by atoms with Gasteiger partial charge in [-0.3, -0.25) is 15.1 Å². The lowest BCUT2D eigenvalue weighted by Crippen LogP contribution is -2.08. The molecule has 0 saturated heterocycles. The number of non-ortho nitro benzene ring substituents is 1. The van der Waals surface area contributed by atoms with E-state index in [9.17, 15) is 14.9 Å². The molecule has 1 aromatic carbocycles. The molecule has 0 unspecified atom stereocenters. The zero-order chi connectivity index (χ0) is 14.8. The molecule has 0 radical (unpaired) electrons. The fourth-order valence-corrected chi connectivity index (χ4v) is 1.90. The molecule has 2 aromatic heterocycles. The van der Waals surface area contributed by atoms with Crippen LogP contribution in [0.1, 0.15) is 10.4 Å². The summed E-state index contributed by atoms with van der Waals surface area (Å²) in [6.07, 6.45) is 2.95. The lowest BCUT2D eigenvalue weighted by Gasteiger charge is -2.00. The number of benzene rings is 1. The smallest absolute Gasteiger partial charge is 0.346 e. The summed E-state index contributed by atoms with van der Waals surface area (Å²) >= 11 is 0. The average molecular weight is 283 g/mol. The van der Waals surface area contributed by atoms with Crippen LogP contribution in [-0.4, -0.2) is 20.9 Å². The van der Waals surface area contributed by atoms with Gasteiger partial charge >= 0.3 is 5.97 Å². The van der Waals surface area contributed by atoms with Crippen molar-refractivity contribution in [2.75, 3.05) is 0 Å². The van der Waals surface area contributed by atoms with Crippen LogP contribution in [0.4, 0.5) is 5.69 Å². The van der Waals surface area contributed by atoms with E-state index in [0.29, 0.717) is 16.5 Å². The van der Waals surface area contributed by atoms with Crippen LogP contribution in [0.15, 0.2) is 48.8 Å². The second-order valence-corrected chi connectivity index (χ2v) is 4.29. The molecule has 0 spiro atoms. The van der Waals surface area contributed by atoms with Crippen LogP contribution in [0, 0.1) is 10.1 Å². The predicted molar refractivity (Wildman–Crippen MR) is 74.1 cm³/mol. The van der Waals surface area contributed by atoms with Crippen molar-refractivity contribution in [1.82, 2.24) is 9.97 Å². The number of aromatic nitrogens is 2. The first-order valence-electron chi connectivity index (χ1n) is 6.03. The molecule has 1 N–H and O–H groups in total. The van der Waals surface area contributed by atoms with E-state index < -0.39 is 10.9 Å². The second-order valence-electron chi connectivity index (χ2n) is 4.29. The van der Waals surface area contributed by atoms with Gasteiger partial charge in [-0.05, 0) is 18.2 Å². The molecule has 0 amide bonds. The zero-order valence-corrected chi connectivity index (χ0v) is 10.6. The molecule has 2 heterocycles. The third-order valence-corrected chi connectivity index (χ3v) is 2.89. The Kier molecular flexibility index (Phi) is 3.07. The summed E-state index contributed by atoms with van der Waals surface area (Å²) in [5.74, 6) is -0.330. The van der Waals surface area contributed by atoms with Crippen molar-refractivity contribution in [2.45, 2.75) is 0 Å². The Bertz CT molecular complexity index is 827. The number of pyridine rings is 1. The summed E-state index contributed by atoms with van der Waals surface area (Å²) < 4.78 is 5.18. The SMILES string of the molecule is O=C(Oc1cc2cc([N+](=O)[O-])ccc2[nH]1)c1cccnc1. The molecular weight excluding hydrogens is 274 g/mol. The lowest BCUT2D eigenvalue weighted by molar-refractivity contribution is -0.384. The van der Waals surface area contributed by atoms with Gasteiger partial charge in [0.05, 0.1) is 10.5 Å². The van der Waals surface area contributed by atoms with Gasteiger partial charge in [0.2, 0.25) is 5.88 Å². The van der Waals surface area contributed by atoms with Crippen molar-refractivity contribution in [3.8, 4) is 5.88 Å². The molecule has 21 heavy (non-hydrogen) atoms. The molecule has 7 heteroatoms. The minimum atomic E-state index is -0.552. The summed E-state index contributed by atoms with van der Waals surface area (Å²) in [5.41, 5.74) is 0.948. The van der Waals surface area contributed by atoms with Crippen molar-refractivity contribution in [3.63, 3.8) is 0 Å². The van der Waals surface area contributed by atoms with Crippen LogP contribution < -0.4 is 4.74 Å². The number of rotatable bonds is 3. The van der Waals surface area contributed by atoms with Gasteiger partial charge in [-0.25, -0.2) is 4.79 Å². The van der Waals surface area contributed by atoms with Gasteiger partial charge in [0.25, 0.3) is 5.69 Å².